The zero-order chi connectivity index (χ0) is 19.8. The van der Waals surface area contributed by atoms with Crippen molar-refractivity contribution in [3.63, 3.8) is 0 Å². The molecule has 1 aromatic carbocycles. The summed E-state index contributed by atoms with van der Waals surface area (Å²) in [7, 11) is 0. The lowest BCUT2D eigenvalue weighted by molar-refractivity contribution is 1.10. The number of anilines is 1. The summed E-state index contributed by atoms with van der Waals surface area (Å²) < 4.78 is 0. The summed E-state index contributed by atoms with van der Waals surface area (Å²) >= 11 is 13.9. The topological polar surface area (TPSA) is 97.7 Å². The van der Waals surface area contributed by atoms with Crippen molar-refractivity contribution in [1.82, 2.24) is 25.1 Å². The molecular weight excluding hydrogens is 417 g/mol. The molecule has 0 aliphatic rings. The summed E-state index contributed by atoms with van der Waals surface area (Å²) in [5.74, 6) is 0.666. The predicted molar refractivity (Wildman–Crippen MR) is 112 cm³/mol. The largest absolute Gasteiger partial charge is 0.368 e. The third-order valence-corrected chi connectivity index (χ3v) is 5.77. The lowest BCUT2D eigenvalue weighted by Gasteiger charge is -2.07. The van der Waals surface area contributed by atoms with E-state index in [0.717, 1.165) is 10.4 Å². The molecule has 4 aromatic rings. The number of hydrogen-bond donors (Lipinski definition) is 2. The Balaban J connectivity index is 2.08. The molecule has 28 heavy (non-hydrogen) atoms. The van der Waals surface area contributed by atoms with Gasteiger partial charge in [-0.1, -0.05) is 29.3 Å². The minimum atomic E-state index is 0.136. The summed E-state index contributed by atoms with van der Waals surface area (Å²) in [6.07, 6.45) is 3.11. The normalized spacial score (nSPS) is 10.8. The number of thiophene rings is 1. The van der Waals surface area contributed by atoms with E-state index in [1.54, 1.807) is 24.4 Å². The predicted octanol–water partition coefficient (Wildman–Crippen LogP) is 5.41. The lowest BCUT2D eigenvalue weighted by Crippen LogP contribution is -1.97. The molecule has 7 nitrogen and oxygen atoms in total. The Hall–Kier alpha value is -2.99. The van der Waals surface area contributed by atoms with Gasteiger partial charge in [-0.3, -0.25) is 0 Å². The van der Waals surface area contributed by atoms with Gasteiger partial charge in [0.25, 0.3) is 0 Å². The van der Waals surface area contributed by atoms with Gasteiger partial charge < -0.3 is 10.7 Å². The van der Waals surface area contributed by atoms with Crippen LogP contribution in [-0.4, -0.2) is 25.1 Å². The summed E-state index contributed by atoms with van der Waals surface area (Å²) in [6, 6.07) is 5.15. The number of nitrogens with one attached hydrogen (secondary N) is 1. The first kappa shape index (κ1) is 18.4. The van der Waals surface area contributed by atoms with Crippen molar-refractivity contribution in [2.75, 3.05) is 5.73 Å². The molecule has 0 unspecified atom stereocenters. The highest BCUT2D eigenvalue weighted by atomic mass is 35.5. The molecule has 3 aromatic heterocycles. The van der Waals surface area contributed by atoms with Gasteiger partial charge in [0.2, 0.25) is 11.6 Å². The van der Waals surface area contributed by atoms with Gasteiger partial charge >= 0.3 is 0 Å². The molecule has 0 radical (unpaired) electrons. The zero-order valence-corrected chi connectivity index (χ0v) is 16.7. The molecule has 0 atom stereocenters. The van der Waals surface area contributed by atoms with Crippen molar-refractivity contribution in [3.05, 3.63) is 57.7 Å². The number of nitrogens with two attached hydrogens (primary N) is 1. The number of aryl methyl sites for hydroxylation is 1. The zero-order valence-electron chi connectivity index (χ0n) is 14.4. The van der Waals surface area contributed by atoms with Crippen LogP contribution in [0.4, 0.5) is 11.6 Å². The summed E-state index contributed by atoms with van der Waals surface area (Å²) in [5.41, 5.74) is 8.91. The van der Waals surface area contributed by atoms with Crippen molar-refractivity contribution >= 4 is 46.2 Å². The number of halogens is 2. The molecule has 3 N–H and O–H groups in total. The Morgan fingerprint density at radius 3 is 2.75 bits per heavy atom. The van der Waals surface area contributed by atoms with Gasteiger partial charge in [-0.25, -0.2) is 14.8 Å². The van der Waals surface area contributed by atoms with Crippen LogP contribution in [0.1, 0.15) is 5.56 Å². The number of H-pyrrole nitrogens is 1. The first-order valence-corrected chi connectivity index (χ1v) is 9.52. The van der Waals surface area contributed by atoms with Crippen LogP contribution >= 0.6 is 34.5 Å². The first-order valence-electron chi connectivity index (χ1n) is 7.95. The van der Waals surface area contributed by atoms with Crippen molar-refractivity contribution in [1.29, 1.82) is 0 Å². The molecule has 0 saturated carbocycles. The highest BCUT2D eigenvalue weighted by molar-refractivity contribution is 7.20. The number of nitrogens with zero attached hydrogens (tertiary/aromatic N) is 5. The lowest BCUT2D eigenvalue weighted by atomic mass is 10.0. The van der Waals surface area contributed by atoms with Gasteiger partial charge in [-0.15, -0.1) is 21.5 Å². The molecule has 0 aliphatic heterocycles. The van der Waals surface area contributed by atoms with E-state index in [-0.39, 0.29) is 5.95 Å². The van der Waals surface area contributed by atoms with Gasteiger partial charge in [0.15, 0.2) is 5.82 Å². The Morgan fingerprint density at radius 1 is 1.25 bits per heavy atom. The first-order chi connectivity index (χ1) is 13.5. The third kappa shape index (κ3) is 3.10. The average Bonchev–Trinajstić information content (AvgIpc) is 3.31. The number of aromatic nitrogens is 5. The number of benzene rings is 1. The second-order valence-electron chi connectivity index (χ2n) is 5.82. The van der Waals surface area contributed by atoms with E-state index in [1.165, 1.54) is 17.7 Å². The standard InChI is InChI=1S/C18H11Cl2N7S/c1-8-6-23-18(21)26-13(8)16-14(22-2)12(10-4-3-9(19)5-11(10)20)15(28-16)17-24-7-25-27-17/h3-7H,1H3,(H2,21,23,26)(H,24,25,27). The van der Waals surface area contributed by atoms with Crippen LogP contribution < -0.4 is 5.73 Å². The smallest absolute Gasteiger partial charge is 0.220 e. The molecule has 0 aliphatic carbocycles. The van der Waals surface area contributed by atoms with Crippen molar-refractivity contribution in [2.45, 2.75) is 6.92 Å². The summed E-state index contributed by atoms with van der Waals surface area (Å²) in [4.78, 5) is 16.5. The number of rotatable bonds is 3. The van der Waals surface area contributed by atoms with Crippen LogP contribution in [0.15, 0.2) is 30.7 Å². The minimum Gasteiger partial charge on any atom is -0.368 e. The van der Waals surface area contributed by atoms with E-state index in [2.05, 4.69) is 30.0 Å². The Kier molecular flexibility index (Phi) is 4.73. The van der Waals surface area contributed by atoms with Gasteiger partial charge in [0.05, 0.1) is 22.0 Å². The fourth-order valence-electron chi connectivity index (χ4n) is 2.80. The molecule has 0 spiro atoms. The minimum absolute atomic E-state index is 0.136. The summed E-state index contributed by atoms with van der Waals surface area (Å²) in [6.45, 7) is 9.71. The van der Waals surface area contributed by atoms with Crippen LogP contribution in [0.5, 0.6) is 0 Å². The second-order valence-corrected chi connectivity index (χ2v) is 7.68. The fourth-order valence-corrected chi connectivity index (χ4v) is 4.56. The maximum absolute atomic E-state index is 7.84. The maximum atomic E-state index is 7.84. The molecule has 0 saturated heterocycles. The summed E-state index contributed by atoms with van der Waals surface area (Å²) in [5, 5.41) is 8.92. The number of hydrogen-bond acceptors (Lipinski definition) is 6. The van der Waals surface area contributed by atoms with Crippen LogP contribution in [-0.2, 0) is 0 Å². The third-order valence-electron chi connectivity index (χ3n) is 4.03. The van der Waals surface area contributed by atoms with Crippen LogP contribution in [0, 0.1) is 13.5 Å². The van der Waals surface area contributed by atoms with Gasteiger partial charge in [0.1, 0.15) is 6.33 Å². The van der Waals surface area contributed by atoms with E-state index in [9.17, 15) is 0 Å². The van der Waals surface area contributed by atoms with Crippen LogP contribution in [0.3, 0.4) is 0 Å². The molecule has 3 heterocycles. The van der Waals surface area contributed by atoms with Gasteiger partial charge in [0, 0.05) is 21.8 Å². The molecule has 4 rings (SSSR count). The highest BCUT2D eigenvalue weighted by Crippen LogP contribution is 2.53. The maximum Gasteiger partial charge on any atom is 0.220 e. The molecule has 0 amide bonds. The molecule has 0 bridgehead atoms. The Morgan fingerprint density at radius 2 is 2.07 bits per heavy atom. The molecule has 0 fully saturated rings. The van der Waals surface area contributed by atoms with E-state index >= 15 is 0 Å². The van der Waals surface area contributed by atoms with E-state index in [0.29, 0.717) is 43.3 Å². The van der Waals surface area contributed by atoms with Gasteiger partial charge in [-0.2, -0.15) is 0 Å². The molecule has 138 valence electrons. The highest BCUT2D eigenvalue weighted by Gasteiger charge is 2.26. The number of aromatic amines is 1. The van der Waals surface area contributed by atoms with E-state index in [1.807, 2.05) is 6.92 Å². The SMILES string of the molecule is [C-]#[N+]c1c(-c2nc(N)ncc2C)sc(-c2nnc[nH]2)c1-c1ccc(Cl)cc1Cl. The fraction of sp³-hybridized carbons (Fsp3) is 0.0556. The van der Waals surface area contributed by atoms with Crippen molar-refractivity contribution in [3.8, 4) is 32.4 Å². The van der Waals surface area contributed by atoms with E-state index in [4.69, 9.17) is 35.5 Å². The van der Waals surface area contributed by atoms with E-state index < -0.39 is 0 Å². The quantitative estimate of drug-likeness (QED) is 0.426. The Labute approximate surface area is 174 Å². The van der Waals surface area contributed by atoms with Crippen LogP contribution in [0.2, 0.25) is 10.0 Å². The van der Waals surface area contributed by atoms with Crippen molar-refractivity contribution < 1.29 is 0 Å². The van der Waals surface area contributed by atoms with Crippen molar-refractivity contribution in [2.24, 2.45) is 0 Å². The number of nitrogen functional groups attached to an aromatic ring is 1. The Bertz CT molecular complexity index is 1230. The average molecular weight is 428 g/mol. The monoisotopic (exact) mass is 427 g/mol. The van der Waals surface area contributed by atoms with Gasteiger partial charge in [-0.05, 0) is 30.2 Å². The molecule has 10 heteroatoms. The second kappa shape index (κ2) is 7.20. The molecular formula is C18H11Cl2N7S. The van der Waals surface area contributed by atoms with Crippen LogP contribution in [0.25, 0.3) is 37.2 Å².